The van der Waals surface area contributed by atoms with Gasteiger partial charge >= 0.3 is 0 Å². The van der Waals surface area contributed by atoms with E-state index in [9.17, 15) is 0 Å². The summed E-state index contributed by atoms with van der Waals surface area (Å²) in [5, 5.41) is 10.9. The molecule has 2 heterocycles. The maximum Gasteiger partial charge on any atom is 0.131 e. The summed E-state index contributed by atoms with van der Waals surface area (Å²) in [6.45, 7) is 2.16. The van der Waals surface area contributed by atoms with Crippen LogP contribution in [0.2, 0.25) is 0 Å². The van der Waals surface area contributed by atoms with Gasteiger partial charge in [0.1, 0.15) is 5.82 Å². The monoisotopic (exact) mass is 220 g/mol. The number of rotatable bonds is 3. The lowest BCUT2D eigenvalue weighted by atomic mass is 10.2. The zero-order valence-corrected chi connectivity index (χ0v) is 9.29. The summed E-state index contributed by atoms with van der Waals surface area (Å²) in [5.74, 6) is 0.697. The fourth-order valence-corrected chi connectivity index (χ4v) is 2.28. The third-order valence-electron chi connectivity index (χ3n) is 2.14. The molecule has 3 nitrogen and oxygen atoms in total. The molecule has 0 aromatic carbocycles. The highest BCUT2D eigenvalue weighted by atomic mass is 32.1. The van der Waals surface area contributed by atoms with Gasteiger partial charge in [-0.25, -0.2) is 9.97 Å². The van der Waals surface area contributed by atoms with Gasteiger partial charge in [-0.1, -0.05) is 0 Å². The van der Waals surface area contributed by atoms with E-state index in [-0.39, 0.29) is 6.61 Å². The molecule has 0 saturated carbocycles. The van der Waals surface area contributed by atoms with Gasteiger partial charge in [0.2, 0.25) is 0 Å². The molecule has 2 aromatic heterocycles. The lowest BCUT2D eigenvalue weighted by Crippen LogP contribution is -1.98. The Morgan fingerprint density at radius 2 is 2.27 bits per heavy atom. The first-order valence-electron chi connectivity index (χ1n) is 4.78. The molecule has 0 aliphatic heterocycles. The average Bonchev–Trinajstić information content (AvgIpc) is 2.65. The quantitative estimate of drug-likeness (QED) is 0.861. The molecule has 4 heteroatoms. The predicted octanol–water partition coefficient (Wildman–Crippen LogP) is 2.05. The molecule has 78 valence electrons. The molecule has 0 radical (unpaired) electrons. The standard InChI is InChI=1S/C11H12N2OS/c1-8-4-7-15-11(8)9-2-5-12-10(13-9)3-6-14/h2,4-5,7,14H,3,6H2,1H3. The van der Waals surface area contributed by atoms with E-state index >= 15 is 0 Å². The predicted molar refractivity (Wildman–Crippen MR) is 60.9 cm³/mol. The van der Waals surface area contributed by atoms with Gasteiger partial charge in [0, 0.05) is 12.6 Å². The molecule has 1 N–H and O–H groups in total. The van der Waals surface area contributed by atoms with Crippen molar-refractivity contribution in [3.05, 3.63) is 35.1 Å². The third kappa shape index (κ3) is 2.22. The number of thiophene rings is 1. The van der Waals surface area contributed by atoms with Crippen molar-refractivity contribution in [1.82, 2.24) is 9.97 Å². The Bertz CT molecular complexity index is 453. The average molecular weight is 220 g/mol. The van der Waals surface area contributed by atoms with E-state index in [1.807, 2.05) is 6.07 Å². The number of nitrogens with zero attached hydrogens (tertiary/aromatic N) is 2. The van der Waals surface area contributed by atoms with Crippen LogP contribution < -0.4 is 0 Å². The summed E-state index contributed by atoms with van der Waals surface area (Å²) < 4.78 is 0. The van der Waals surface area contributed by atoms with E-state index < -0.39 is 0 Å². The van der Waals surface area contributed by atoms with E-state index in [0.29, 0.717) is 12.2 Å². The second-order valence-corrected chi connectivity index (χ2v) is 4.18. The van der Waals surface area contributed by atoms with E-state index in [1.165, 1.54) is 10.4 Å². The minimum Gasteiger partial charge on any atom is -0.396 e. The zero-order chi connectivity index (χ0) is 10.7. The van der Waals surface area contributed by atoms with Crippen molar-refractivity contribution in [2.45, 2.75) is 13.3 Å². The summed E-state index contributed by atoms with van der Waals surface area (Å²) in [7, 11) is 0. The second kappa shape index (κ2) is 4.51. The van der Waals surface area contributed by atoms with Gasteiger partial charge in [0.25, 0.3) is 0 Å². The van der Waals surface area contributed by atoms with Crippen LogP contribution in [0.1, 0.15) is 11.4 Å². The maximum absolute atomic E-state index is 8.82. The van der Waals surface area contributed by atoms with Crippen LogP contribution in [0.25, 0.3) is 10.6 Å². The minimum absolute atomic E-state index is 0.0902. The topological polar surface area (TPSA) is 46.0 Å². The number of aliphatic hydroxyl groups is 1. The first-order chi connectivity index (χ1) is 7.31. The van der Waals surface area contributed by atoms with Crippen LogP contribution in [-0.2, 0) is 6.42 Å². The molecule has 0 unspecified atom stereocenters. The minimum atomic E-state index is 0.0902. The lowest BCUT2D eigenvalue weighted by Gasteiger charge is -2.01. The molecule has 0 aliphatic rings. The molecule has 0 atom stereocenters. The first-order valence-corrected chi connectivity index (χ1v) is 5.66. The summed E-state index contributed by atoms with van der Waals surface area (Å²) in [6, 6.07) is 3.98. The Morgan fingerprint density at radius 1 is 1.40 bits per heavy atom. The van der Waals surface area contributed by atoms with Gasteiger partial charge in [-0.2, -0.15) is 0 Å². The third-order valence-corrected chi connectivity index (χ3v) is 3.17. The van der Waals surface area contributed by atoms with E-state index in [4.69, 9.17) is 5.11 Å². The maximum atomic E-state index is 8.82. The molecule has 0 spiro atoms. The van der Waals surface area contributed by atoms with Gasteiger partial charge in [-0.3, -0.25) is 0 Å². The van der Waals surface area contributed by atoms with Gasteiger partial charge < -0.3 is 5.11 Å². The van der Waals surface area contributed by atoms with E-state index in [0.717, 1.165) is 5.69 Å². The zero-order valence-electron chi connectivity index (χ0n) is 8.47. The summed E-state index contributed by atoms with van der Waals surface area (Å²) >= 11 is 1.68. The van der Waals surface area contributed by atoms with Gasteiger partial charge in [0.05, 0.1) is 17.2 Å². The van der Waals surface area contributed by atoms with Crippen molar-refractivity contribution < 1.29 is 5.11 Å². The van der Waals surface area contributed by atoms with Crippen molar-refractivity contribution in [3.63, 3.8) is 0 Å². The van der Waals surface area contributed by atoms with E-state index in [1.54, 1.807) is 17.5 Å². The fourth-order valence-electron chi connectivity index (χ4n) is 1.38. The van der Waals surface area contributed by atoms with Crippen molar-refractivity contribution in [2.24, 2.45) is 0 Å². The summed E-state index contributed by atoms with van der Waals surface area (Å²) in [5.41, 5.74) is 2.18. The molecule has 15 heavy (non-hydrogen) atoms. The molecule has 0 fully saturated rings. The number of hydrogen-bond acceptors (Lipinski definition) is 4. The van der Waals surface area contributed by atoms with Crippen molar-refractivity contribution in [3.8, 4) is 10.6 Å². The molecule has 0 aliphatic carbocycles. The Kier molecular flexibility index (Phi) is 3.08. The smallest absolute Gasteiger partial charge is 0.131 e. The van der Waals surface area contributed by atoms with Crippen molar-refractivity contribution in [1.29, 1.82) is 0 Å². The second-order valence-electron chi connectivity index (χ2n) is 3.26. The Balaban J connectivity index is 2.37. The highest BCUT2D eigenvalue weighted by Gasteiger charge is 2.05. The van der Waals surface area contributed by atoms with Gasteiger partial charge in [0.15, 0.2) is 0 Å². The van der Waals surface area contributed by atoms with Crippen LogP contribution >= 0.6 is 11.3 Å². The molecule has 0 saturated heterocycles. The molecular weight excluding hydrogens is 208 g/mol. The number of aryl methyl sites for hydroxylation is 1. The van der Waals surface area contributed by atoms with Crippen LogP contribution in [0.3, 0.4) is 0 Å². The Morgan fingerprint density at radius 3 is 2.93 bits per heavy atom. The highest BCUT2D eigenvalue weighted by Crippen LogP contribution is 2.26. The molecule has 0 amide bonds. The summed E-state index contributed by atoms with van der Waals surface area (Å²) in [6.07, 6.45) is 2.25. The number of hydrogen-bond donors (Lipinski definition) is 1. The molecule has 2 aromatic rings. The normalized spacial score (nSPS) is 10.5. The number of aromatic nitrogens is 2. The highest BCUT2D eigenvalue weighted by molar-refractivity contribution is 7.13. The lowest BCUT2D eigenvalue weighted by molar-refractivity contribution is 0.296. The van der Waals surface area contributed by atoms with E-state index in [2.05, 4.69) is 28.3 Å². The Labute approximate surface area is 92.5 Å². The van der Waals surface area contributed by atoms with Gasteiger partial charge in [-0.15, -0.1) is 11.3 Å². The molecular formula is C11H12N2OS. The fraction of sp³-hybridized carbons (Fsp3) is 0.273. The molecule has 2 rings (SSSR count). The van der Waals surface area contributed by atoms with Crippen LogP contribution in [-0.4, -0.2) is 21.7 Å². The van der Waals surface area contributed by atoms with Crippen LogP contribution in [0.15, 0.2) is 23.7 Å². The summed E-state index contributed by atoms with van der Waals surface area (Å²) in [4.78, 5) is 9.68. The molecule has 0 bridgehead atoms. The first kappa shape index (κ1) is 10.3. The van der Waals surface area contributed by atoms with Crippen LogP contribution in [0.4, 0.5) is 0 Å². The van der Waals surface area contributed by atoms with Crippen LogP contribution in [0.5, 0.6) is 0 Å². The van der Waals surface area contributed by atoms with Crippen molar-refractivity contribution in [2.75, 3.05) is 6.61 Å². The largest absolute Gasteiger partial charge is 0.396 e. The van der Waals surface area contributed by atoms with Crippen molar-refractivity contribution >= 4 is 11.3 Å². The Hall–Kier alpha value is -1.26. The van der Waals surface area contributed by atoms with Gasteiger partial charge in [-0.05, 0) is 30.0 Å². The van der Waals surface area contributed by atoms with Crippen LogP contribution in [0, 0.1) is 6.92 Å². The SMILES string of the molecule is Cc1ccsc1-c1ccnc(CCO)n1. The number of aliphatic hydroxyl groups excluding tert-OH is 1.